The molecule has 0 aromatic carbocycles. The van der Waals surface area contributed by atoms with Crippen LogP contribution in [0, 0.1) is 0 Å². The Morgan fingerprint density at radius 3 is 2.37 bits per heavy atom. The van der Waals surface area contributed by atoms with Crippen molar-refractivity contribution in [2.24, 2.45) is 0 Å². The molecule has 2 aliphatic rings. The number of thiophene rings is 1. The van der Waals surface area contributed by atoms with Gasteiger partial charge < -0.3 is 10.6 Å². The summed E-state index contributed by atoms with van der Waals surface area (Å²) in [6.07, 6.45) is 7.65. The molecule has 2 N–H and O–H groups in total. The molecule has 3 nitrogen and oxygen atoms in total. The van der Waals surface area contributed by atoms with Crippen LogP contribution in [-0.2, 0) is 0 Å². The van der Waals surface area contributed by atoms with E-state index in [1.54, 1.807) is 18.3 Å². The third kappa shape index (κ3) is 2.50. The van der Waals surface area contributed by atoms with Crippen LogP contribution in [0.25, 0.3) is 0 Å². The summed E-state index contributed by atoms with van der Waals surface area (Å²) in [6, 6.07) is 0. The molecule has 1 saturated carbocycles. The Morgan fingerprint density at radius 1 is 1.21 bits per heavy atom. The molecule has 0 atom stereocenters. The molecule has 0 spiro atoms. The summed E-state index contributed by atoms with van der Waals surface area (Å²) in [5.74, 6) is 0.730. The molecule has 1 aromatic rings. The molecule has 0 unspecified atom stereocenters. The topological polar surface area (TPSA) is 46.3 Å². The van der Waals surface area contributed by atoms with Crippen molar-refractivity contribution in [2.45, 2.75) is 51.4 Å². The second-order valence-corrected chi connectivity index (χ2v) is 6.79. The summed E-state index contributed by atoms with van der Waals surface area (Å²) in [5, 5.41) is 1.30. The van der Waals surface area contributed by atoms with Crippen molar-refractivity contribution in [3.8, 4) is 0 Å². The smallest absolute Gasteiger partial charge is 0.171 e. The summed E-state index contributed by atoms with van der Waals surface area (Å²) in [7, 11) is 0. The minimum absolute atomic E-state index is 0.116. The maximum absolute atomic E-state index is 11.7. The van der Waals surface area contributed by atoms with E-state index in [0.29, 0.717) is 5.92 Å². The first-order chi connectivity index (χ1) is 9.18. The zero-order valence-electron chi connectivity index (χ0n) is 11.6. The molecule has 19 heavy (non-hydrogen) atoms. The van der Waals surface area contributed by atoms with Crippen LogP contribution in [0.15, 0.2) is 0 Å². The zero-order valence-corrected chi connectivity index (χ0v) is 12.4. The lowest BCUT2D eigenvalue weighted by molar-refractivity contribution is 0.102. The quantitative estimate of drug-likeness (QED) is 0.856. The van der Waals surface area contributed by atoms with Gasteiger partial charge in [-0.05, 0) is 31.6 Å². The monoisotopic (exact) mass is 278 g/mol. The first kappa shape index (κ1) is 13.0. The van der Waals surface area contributed by atoms with E-state index in [0.717, 1.165) is 23.7 Å². The van der Waals surface area contributed by atoms with Crippen LogP contribution in [-0.4, -0.2) is 18.9 Å². The van der Waals surface area contributed by atoms with E-state index in [1.807, 2.05) is 0 Å². The van der Waals surface area contributed by atoms with E-state index in [2.05, 4.69) is 4.90 Å². The number of carbonyl (C=O) groups excluding carboxylic acids is 1. The highest BCUT2D eigenvalue weighted by Crippen LogP contribution is 2.52. The summed E-state index contributed by atoms with van der Waals surface area (Å²) >= 11 is 1.63. The number of hydrogen-bond donors (Lipinski definition) is 1. The molecule has 1 aromatic heterocycles. The lowest BCUT2D eigenvalue weighted by Crippen LogP contribution is -2.23. The van der Waals surface area contributed by atoms with Gasteiger partial charge in [-0.3, -0.25) is 4.79 Å². The predicted octanol–water partition coefficient (Wildman–Crippen LogP) is 3.79. The normalized spacial score (nSPS) is 20.4. The second kappa shape index (κ2) is 5.16. The highest BCUT2D eigenvalue weighted by molar-refractivity contribution is 7.18. The molecule has 3 rings (SSSR count). The Bertz CT molecular complexity index is 483. The van der Waals surface area contributed by atoms with Crippen LogP contribution >= 0.6 is 11.3 Å². The standard InChI is InChI=1S/C15H22N2OS/c1-10(18)14-13(16)12(11-6-7-11)15(19-14)17-8-4-2-3-5-9-17/h11H,2-9,16H2,1H3. The van der Waals surface area contributed by atoms with Gasteiger partial charge in [0, 0.05) is 25.6 Å². The number of ketones is 1. The minimum Gasteiger partial charge on any atom is -0.397 e. The van der Waals surface area contributed by atoms with E-state index >= 15 is 0 Å². The number of nitrogen functional groups attached to an aromatic ring is 1. The summed E-state index contributed by atoms with van der Waals surface area (Å²) in [5.41, 5.74) is 8.32. The van der Waals surface area contributed by atoms with Crippen molar-refractivity contribution in [1.29, 1.82) is 0 Å². The number of carbonyl (C=O) groups is 1. The van der Waals surface area contributed by atoms with E-state index in [4.69, 9.17) is 5.73 Å². The molecule has 0 radical (unpaired) electrons. The largest absolute Gasteiger partial charge is 0.397 e. The SMILES string of the molecule is CC(=O)c1sc(N2CCCCCC2)c(C2CC2)c1N. The van der Waals surface area contributed by atoms with Gasteiger partial charge in [-0.2, -0.15) is 0 Å². The molecule has 1 saturated heterocycles. The molecule has 104 valence electrons. The van der Waals surface area contributed by atoms with Crippen LogP contribution < -0.4 is 10.6 Å². The van der Waals surface area contributed by atoms with E-state index in [-0.39, 0.29) is 5.78 Å². The molecule has 2 heterocycles. The number of Topliss-reactive ketones (excluding diaryl/α,β-unsaturated/α-hetero) is 1. The zero-order chi connectivity index (χ0) is 13.4. The number of nitrogens with two attached hydrogens (primary N) is 1. The Morgan fingerprint density at radius 2 is 1.84 bits per heavy atom. The Balaban J connectivity index is 1.98. The maximum atomic E-state index is 11.7. The fourth-order valence-corrected chi connectivity index (χ4v) is 4.24. The molecule has 4 heteroatoms. The predicted molar refractivity (Wildman–Crippen MR) is 81.4 cm³/mol. The van der Waals surface area contributed by atoms with Crippen LogP contribution in [0.5, 0.6) is 0 Å². The van der Waals surface area contributed by atoms with Crippen molar-refractivity contribution in [1.82, 2.24) is 0 Å². The average Bonchev–Trinajstić information content (AvgIpc) is 3.17. The third-order valence-electron chi connectivity index (χ3n) is 4.16. The fraction of sp³-hybridized carbons (Fsp3) is 0.667. The first-order valence-corrected chi connectivity index (χ1v) is 8.18. The van der Waals surface area contributed by atoms with Crippen LogP contribution in [0.1, 0.15) is 66.6 Å². The maximum Gasteiger partial charge on any atom is 0.171 e. The van der Waals surface area contributed by atoms with Crippen molar-refractivity contribution in [2.75, 3.05) is 23.7 Å². The van der Waals surface area contributed by atoms with E-state index in [1.165, 1.54) is 49.1 Å². The number of anilines is 2. The first-order valence-electron chi connectivity index (χ1n) is 7.36. The number of nitrogens with zero attached hydrogens (tertiary/aromatic N) is 1. The van der Waals surface area contributed by atoms with Crippen molar-refractivity contribution in [3.05, 3.63) is 10.4 Å². The number of hydrogen-bond acceptors (Lipinski definition) is 4. The lowest BCUT2D eigenvalue weighted by Gasteiger charge is -2.22. The summed E-state index contributed by atoms with van der Waals surface area (Å²) < 4.78 is 0. The van der Waals surface area contributed by atoms with E-state index < -0.39 is 0 Å². The van der Waals surface area contributed by atoms with Gasteiger partial charge in [0.1, 0.15) is 0 Å². The molecule has 0 bridgehead atoms. The van der Waals surface area contributed by atoms with Crippen LogP contribution in [0.2, 0.25) is 0 Å². The van der Waals surface area contributed by atoms with E-state index in [9.17, 15) is 4.79 Å². The lowest BCUT2D eigenvalue weighted by atomic mass is 10.1. The van der Waals surface area contributed by atoms with Gasteiger partial charge in [0.2, 0.25) is 0 Å². The summed E-state index contributed by atoms with van der Waals surface area (Å²) in [4.78, 5) is 15.0. The Kier molecular flexibility index (Phi) is 3.52. The van der Waals surface area contributed by atoms with Crippen molar-refractivity contribution in [3.63, 3.8) is 0 Å². The van der Waals surface area contributed by atoms with Crippen molar-refractivity contribution < 1.29 is 4.79 Å². The van der Waals surface area contributed by atoms with Crippen LogP contribution in [0.3, 0.4) is 0 Å². The minimum atomic E-state index is 0.116. The van der Waals surface area contributed by atoms with Gasteiger partial charge in [-0.25, -0.2) is 0 Å². The van der Waals surface area contributed by atoms with Crippen LogP contribution in [0.4, 0.5) is 10.7 Å². The molecular weight excluding hydrogens is 256 g/mol. The molecule has 1 aliphatic heterocycles. The van der Waals surface area contributed by atoms with Crippen molar-refractivity contribution >= 4 is 27.8 Å². The van der Waals surface area contributed by atoms with Gasteiger partial charge in [0.25, 0.3) is 0 Å². The van der Waals surface area contributed by atoms with Gasteiger partial charge in [0.15, 0.2) is 5.78 Å². The fourth-order valence-electron chi connectivity index (χ4n) is 2.98. The Hall–Kier alpha value is -1.03. The highest BCUT2D eigenvalue weighted by atomic mass is 32.1. The average molecular weight is 278 g/mol. The Labute approximate surface area is 118 Å². The van der Waals surface area contributed by atoms with Gasteiger partial charge >= 0.3 is 0 Å². The molecule has 1 aliphatic carbocycles. The summed E-state index contributed by atoms with van der Waals surface area (Å²) in [6.45, 7) is 3.87. The highest BCUT2D eigenvalue weighted by Gasteiger charge is 2.34. The second-order valence-electron chi connectivity index (χ2n) is 5.80. The van der Waals surface area contributed by atoms with Gasteiger partial charge in [0.05, 0.1) is 15.6 Å². The molecule has 2 fully saturated rings. The van der Waals surface area contributed by atoms with Gasteiger partial charge in [-0.15, -0.1) is 11.3 Å². The number of rotatable bonds is 3. The molecule has 0 amide bonds. The molecular formula is C15H22N2OS. The third-order valence-corrected chi connectivity index (χ3v) is 5.55. The van der Waals surface area contributed by atoms with Gasteiger partial charge in [-0.1, -0.05) is 12.8 Å².